The molecular formula is C14H22N4. The first-order chi connectivity index (χ1) is 8.88. The molecule has 3 heterocycles. The lowest BCUT2D eigenvalue weighted by molar-refractivity contribution is 0.559. The molecule has 0 spiro atoms. The lowest BCUT2D eigenvalue weighted by Gasteiger charge is -2.29. The molecule has 1 saturated heterocycles. The van der Waals surface area contributed by atoms with Gasteiger partial charge in [0.15, 0.2) is 0 Å². The Morgan fingerprint density at radius 2 is 2.00 bits per heavy atom. The second-order valence-electron chi connectivity index (χ2n) is 5.22. The fourth-order valence-electron chi connectivity index (χ4n) is 2.95. The predicted molar refractivity (Wildman–Crippen MR) is 72.9 cm³/mol. The molecule has 1 aromatic heterocycles. The number of rotatable bonds is 2. The van der Waals surface area contributed by atoms with E-state index in [9.17, 15) is 0 Å². The number of piperidine rings is 1. The summed E-state index contributed by atoms with van der Waals surface area (Å²) in [7, 11) is 0. The van der Waals surface area contributed by atoms with Crippen LogP contribution in [0.25, 0.3) is 0 Å². The molecule has 0 aromatic carbocycles. The molecule has 0 amide bonds. The molecule has 2 aliphatic heterocycles. The van der Waals surface area contributed by atoms with Crippen LogP contribution in [0.2, 0.25) is 0 Å². The van der Waals surface area contributed by atoms with Gasteiger partial charge in [-0.05, 0) is 44.2 Å². The van der Waals surface area contributed by atoms with Crippen LogP contribution in [-0.2, 0) is 19.4 Å². The van der Waals surface area contributed by atoms with Crippen molar-refractivity contribution in [3.8, 4) is 0 Å². The van der Waals surface area contributed by atoms with Gasteiger partial charge in [0, 0.05) is 25.3 Å². The fraction of sp³-hybridized carbons (Fsp3) is 0.714. The Bertz CT molecular complexity index is 407. The molecule has 0 atom stereocenters. The van der Waals surface area contributed by atoms with Crippen molar-refractivity contribution in [3.05, 3.63) is 17.0 Å². The van der Waals surface area contributed by atoms with E-state index in [1.165, 1.54) is 36.2 Å². The topological polar surface area (TPSA) is 41.1 Å². The van der Waals surface area contributed by atoms with Crippen LogP contribution in [0.5, 0.6) is 0 Å². The number of nitrogens with zero attached hydrogens (tertiary/aromatic N) is 3. The molecule has 3 rings (SSSR count). The molecule has 0 radical (unpaired) electrons. The first kappa shape index (κ1) is 11.9. The molecule has 1 fully saturated rings. The van der Waals surface area contributed by atoms with E-state index in [0.29, 0.717) is 0 Å². The number of hydrogen-bond acceptors (Lipinski definition) is 4. The van der Waals surface area contributed by atoms with Crippen molar-refractivity contribution in [2.45, 2.75) is 45.6 Å². The Morgan fingerprint density at radius 1 is 1.17 bits per heavy atom. The van der Waals surface area contributed by atoms with Crippen molar-refractivity contribution in [3.63, 3.8) is 0 Å². The summed E-state index contributed by atoms with van der Waals surface area (Å²) in [5.74, 6) is 0.967. The Hall–Kier alpha value is -1.16. The Morgan fingerprint density at radius 3 is 2.78 bits per heavy atom. The molecule has 18 heavy (non-hydrogen) atoms. The normalized spacial score (nSPS) is 19.7. The molecule has 4 nitrogen and oxygen atoms in total. The van der Waals surface area contributed by atoms with E-state index in [-0.39, 0.29) is 0 Å². The SMILES string of the molecule is CCc1nc(N2CCCCC2)nc2c1CCNC2. The van der Waals surface area contributed by atoms with Crippen molar-refractivity contribution in [2.75, 3.05) is 24.5 Å². The molecule has 1 N–H and O–H groups in total. The van der Waals surface area contributed by atoms with Crippen molar-refractivity contribution in [2.24, 2.45) is 0 Å². The minimum absolute atomic E-state index is 0.908. The summed E-state index contributed by atoms with van der Waals surface area (Å²) in [6, 6.07) is 0. The number of aryl methyl sites for hydroxylation is 1. The molecule has 98 valence electrons. The van der Waals surface area contributed by atoms with E-state index < -0.39 is 0 Å². The van der Waals surface area contributed by atoms with Crippen LogP contribution >= 0.6 is 0 Å². The van der Waals surface area contributed by atoms with Gasteiger partial charge in [-0.15, -0.1) is 0 Å². The first-order valence-electron chi connectivity index (χ1n) is 7.23. The molecule has 0 bridgehead atoms. The monoisotopic (exact) mass is 246 g/mol. The standard InChI is InChI=1S/C14H22N4/c1-2-12-11-6-7-15-10-13(11)17-14(16-12)18-8-4-3-5-9-18/h15H,2-10H2,1H3. The third-order valence-electron chi connectivity index (χ3n) is 3.98. The Balaban J connectivity index is 1.94. The zero-order valence-electron chi connectivity index (χ0n) is 11.2. The van der Waals surface area contributed by atoms with Crippen molar-refractivity contribution in [1.82, 2.24) is 15.3 Å². The van der Waals surface area contributed by atoms with E-state index in [2.05, 4.69) is 17.1 Å². The van der Waals surface area contributed by atoms with Crippen LogP contribution in [0.1, 0.15) is 43.1 Å². The molecule has 4 heteroatoms. The molecule has 0 unspecified atom stereocenters. The molecule has 2 aliphatic rings. The third-order valence-corrected chi connectivity index (χ3v) is 3.98. The van der Waals surface area contributed by atoms with Gasteiger partial charge < -0.3 is 10.2 Å². The first-order valence-corrected chi connectivity index (χ1v) is 7.23. The second-order valence-corrected chi connectivity index (χ2v) is 5.22. The quantitative estimate of drug-likeness (QED) is 0.862. The number of nitrogens with one attached hydrogen (secondary N) is 1. The summed E-state index contributed by atoms with van der Waals surface area (Å²) in [5, 5.41) is 3.41. The summed E-state index contributed by atoms with van der Waals surface area (Å²) < 4.78 is 0. The van der Waals surface area contributed by atoms with Crippen molar-refractivity contribution < 1.29 is 0 Å². The van der Waals surface area contributed by atoms with Crippen LogP contribution in [0, 0.1) is 0 Å². The average Bonchev–Trinajstić information content (AvgIpc) is 2.47. The Labute approximate surface area is 109 Å². The van der Waals surface area contributed by atoms with Gasteiger partial charge in [-0.25, -0.2) is 9.97 Å². The Kier molecular flexibility index (Phi) is 3.46. The van der Waals surface area contributed by atoms with E-state index >= 15 is 0 Å². The molecule has 1 aromatic rings. The maximum absolute atomic E-state index is 4.82. The van der Waals surface area contributed by atoms with Crippen LogP contribution in [0.15, 0.2) is 0 Å². The smallest absolute Gasteiger partial charge is 0.225 e. The lowest BCUT2D eigenvalue weighted by Crippen LogP contribution is -2.33. The van der Waals surface area contributed by atoms with Crippen molar-refractivity contribution >= 4 is 5.95 Å². The van der Waals surface area contributed by atoms with Crippen LogP contribution in [-0.4, -0.2) is 29.6 Å². The van der Waals surface area contributed by atoms with Crippen LogP contribution < -0.4 is 10.2 Å². The third kappa shape index (κ3) is 2.21. The van der Waals surface area contributed by atoms with Gasteiger partial charge in [0.25, 0.3) is 0 Å². The number of aromatic nitrogens is 2. The van der Waals surface area contributed by atoms with E-state index in [4.69, 9.17) is 9.97 Å². The largest absolute Gasteiger partial charge is 0.341 e. The summed E-state index contributed by atoms with van der Waals surface area (Å²) in [5.41, 5.74) is 3.90. The summed E-state index contributed by atoms with van der Waals surface area (Å²) in [4.78, 5) is 12.0. The van der Waals surface area contributed by atoms with Crippen LogP contribution in [0.3, 0.4) is 0 Å². The number of hydrogen-bond donors (Lipinski definition) is 1. The molecule has 0 saturated carbocycles. The number of anilines is 1. The summed E-state index contributed by atoms with van der Waals surface area (Å²) >= 11 is 0. The maximum atomic E-state index is 4.82. The minimum atomic E-state index is 0.908. The van der Waals surface area contributed by atoms with E-state index in [1.807, 2.05) is 0 Å². The zero-order valence-corrected chi connectivity index (χ0v) is 11.2. The lowest BCUT2D eigenvalue weighted by atomic mass is 10.0. The fourth-order valence-corrected chi connectivity index (χ4v) is 2.95. The van der Waals surface area contributed by atoms with Gasteiger partial charge in [-0.2, -0.15) is 0 Å². The van der Waals surface area contributed by atoms with Gasteiger partial charge in [-0.3, -0.25) is 0 Å². The molecule has 0 aliphatic carbocycles. The average molecular weight is 246 g/mol. The van der Waals surface area contributed by atoms with E-state index in [1.54, 1.807) is 0 Å². The van der Waals surface area contributed by atoms with E-state index in [0.717, 1.165) is 45.0 Å². The number of fused-ring (bicyclic) bond motifs is 1. The highest BCUT2D eigenvalue weighted by Gasteiger charge is 2.20. The highest BCUT2D eigenvalue weighted by atomic mass is 15.3. The predicted octanol–water partition coefficient (Wildman–Crippen LogP) is 1.67. The highest BCUT2D eigenvalue weighted by molar-refractivity contribution is 5.38. The zero-order chi connectivity index (χ0) is 12.4. The van der Waals surface area contributed by atoms with Gasteiger partial charge in [-0.1, -0.05) is 6.92 Å². The van der Waals surface area contributed by atoms with Crippen LogP contribution in [0.4, 0.5) is 5.95 Å². The summed E-state index contributed by atoms with van der Waals surface area (Å²) in [6.07, 6.45) is 6.01. The minimum Gasteiger partial charge on any atom is -0.341 e. The van der Waals surface area contributed by atoms with Gasteiger partial charge in [0.1, 0.15) is 0 Å². The van der Waals surface area contributed by atoms with Gasteiger partial charge in [0.2, 0.25) is 5.95 Å². The molecular weight excluding hydrogens is 224 g/mol. The van der Waals surface area contributed by atoms with Gasteiger partial charge in [0.05, 0.1) is 5.69 Å². The van der Waals surface area contributed by atoms with Crippen molar-refractivity contribution in [1.29, 1.82) is 0 Å². The second kappa shape index (κ2) is 5.22. The summed E-state index contributed by atoms with van der Waals surface area (Å²) in [6.45, 7) is 6.41. The highest BCUT2D eigenvalue weighted by Crippen LogP contribution is 2.22. The van der Waals surface area contributed by atoms with Gasteiger partial charge >= 0.3 is 0 Å². The maximum Gasteiger partial charge on any atom is 0.225 e.